The first-order valence-corrected chi connectivity index (χ1v) is 6.46. The predicted octanol–water partition coefficient (Wildman–Crippen LogP) is 1.54. The number of piperidine rings is 1. The summed E-state index contributed by atoms with van der Waals surface area (Å²) >= 11 is 0. The Balaban J connectivity index is 1.87. The van der Waals surface area contributed by atoms with Gasteiger partial charge in [-0.2, -0.15) is 0 Å². The van der Waals surface area contributed by atoms with Crippen LogP contribution in [0.25, 0.3) is 0 Å². The molecule has 2 aliphatic rings. The van der Waals surface area contributed by atoms with Gasteiger partial charge in [0.15, 0.2) is 11.5 Å². The van der Waals surface area contributed by atoms with Crippen molar-refractivity contribution in [3.63, 3.8) is 0 Å². The van der Waals surface area contributed by atoms with Crippen molar-refractivity contribution >= 4 is 17.4 Å². The smallest absolute Gasteiger partial charge is 0.234 e. The number of benzene rings is 1. The molecule has 5 nitrogen and oxygen atoms in total. The molecule has 1 fully saturated rings. The number of amides is 1. The molecule has 0 atom stereocenters. The van der Waals surface area contributed by atoms with Crippen molar-refractivity contribution in [3.05, 3.63) is 18.2 Å². The largest absolute Gasteiger partial charge is 0.490 e. The van der Waals surface area contributed by atoms with Gasteiger partial charge in [-0.05, 0) is 12.1 Å². The molecular formula is C14H15NO4. The summed E-state index contributed by atoms with van der Waals surface area (Å²) in [7, 11) is 0. The van der Waals surface area contributed by atoms with Gasteiger partial charge in [0, 0.05) is 31.1 Å². The predicted molar refractivity (Wildman–Crippen MR) is 68.6 cm³/mol. The molecule has 0 bridgehead atoms. The lowest BCUT2D eigenvalue weighted by Crippen LogP contribution is -2.39. The average molecular weight is 261 g/mol. The molecule has 1 saturated heterocycles. The second-order valence-corrected chi connectivity index (χ2v) is 4.69. The molecule has 1 amide bonds. The Bertz CT molecular complexity index is 526. The van der Waals surface area contributed by atoms with E-state index in [1.54, 1.807) is 4.90 Å². The van der Waals surface area contributed by atoms with Crippen LogP contribution in [0.3, 0.4) is 0 Å². The molecule has 19 heavy (non-hydrogen) atoms. The number of ether oxygens (including phenoxy) is 2. The van der Waals surface area contributed by atoms with E-state index in [-0.39, 0.29) is 18.1 Å². The maximum Gasteiger partial charge on any atom is 0.234 e. The van der Waals surface area contributed by atoms with E-state index in [0.29, 0.717) is 37.7 Å². The minimum Gasteiger partial charge on any atom is -0.490 e. The lowest BCUT2D eigenvalue weighted by Gasteiger charge is -2.26. The highest BCUT2D eigenvalue weighted by atomic mass is 16.5. The van der Waals surface area contributed by atoms with E-state index in [2.05, 4.69) is 0 Å². The number of carbonyl (C=O) groups excluding carboxylic acids is 2. The van der Waals surface area contributed by atoms with Gasteiger partial charge in [-0.15, -0.1) is 0 Å². The maximum absolute atomic E-state index is 11.9. The molecule has 0 unspecified atom stereocenters. The second kappa shape index (κ2) is 4.91. The fourth-order valence-corrected chi connectivity index (χ4v) is 2.31. The number of hydrogen-bond donors (Lipinski definition) is 0. The zero-order chi connectivity index (χ0) is 13.2. The molecule has 0 saturated carbocycles. The van der Waals surface area contributed by atoms with Gasteiger partial charge in [0.05, 0.1) is 19.6 Å². The Morgan fingerprint density at radius 1 is 1.05 bits per heavy atom. The zero-order valence-electron chi connectivity index (χ0n) is 10.6. The van der Waals surface area contributed by atoms with Crippen LogP contribution in [0.5, 0.6) is 11.5 Å². The van der Waals surface area contributed by atoms with E-state index >= 15 is 0 Å². The number of carbonyl (C=O) groups is 2. The molecule has 0 aromatic heterocycles. The van der Waals surface area contributed by atoms with Crippen molar-refractivity contribution in [1.82, 2.24) is 0 Å². The highest BCUT2D eigenvalue weighted by Crippen LogP contribution is 2.34. The van der Waals surface area contributed by atoms with Gasteiger partial charge in [0.2, 0.25) is 5.91 Å². The molecule has 0 radical (unpaired) electrons. The summed E-state index contributed by atoms with van der Waals surface area (Å²) in [5.41, 5.74) is 0.766. The summed E-state index contributed by atoms with van der Waals surface area (Å²) in [4.78, 5) is 24.7. The highest BCUT2D eigenvalue weighted by molar-refractivity contribution is 6.08. The monoisotopic (exact) mass is 261 g/mol. The number of rotatable bonds is 1. The first kappa shape index (κ1) is 12.0. The number of fused-ring (bicyclic) bond motifs is 1. The van der Waals surface area contributed by atoms with E-state index in [0.717, 1.165) is 12.1 Å². The summed E-state index contributed by atoms with van der Waals surface area (Å²) < 4.78 is 11.2. The van der Waals surface area contributed by atoms with Crippen molar-refractivity contribution in [1.29, 1.82) is 0 Å². The van der Waals surface area contributed by atoms with Crippen molar-refractivity contribution in [2.24, 2.45) is 0 Å². The van der Waals surface area contributed by atoms with Crippen molar-refractivity contribution in [2.75, 3.05) is 24.7 Å². The summed E-state index contributed by atoms with van der Waals surface area (Å²) in [5, 5.41) is 0. The van der Waals surface area contributed by atoms with Crippen LogP contribution in [-0.2, 0) is 9.59 Å². The van der Waals surface area contributed by atoms with E-state index in [9.17, 15) is 9.59 Å². The minimum atomic E-state index is -0.147. The van der Waals surface area contributed by atoms with E-state index < -0.39 is 0 Å². The van der Waals surface area contributed by atoms with Crippen LogP contribution in [0.2, 0.25) is 0 Å². The Morgan fingerprint density at radius 3 is 2.63 bits per heavy atom. The van der Waals surface area contributed by atoms with Gasteiger partial charge in [0.1, 0.15) is 5.78 Å². The first-order chi connectivity index (χ1) is 9.24. The van der Waals surface area contributed by atoms with Crippen LogP contribution in [0.4, 0.5) is 5.69 Å². The topological polar surface area (TPSA) is 55.8 Å². The SMILES string of the molecule is O=C1CCN(c2ccc3c(c2)OCCCO3)C(=O)C1. The average Bonchev–Trinajstić information content (AvgIpc) is 2.63. The van der Waals surface area contributed by atoms with Gasteiger partial charge in [-0.3, -0.25) is 9.59 Å². The van der Waals surface area contributed by atoms with E-state index in [1.165, 1.54) is 0 Å². The van der Waals surface area contributed by atoms with Crippen molar-refractivity contribution in [2.45, 2.75) is 19.3 Å². The molecule has 1 aromatic carbocycles. The third-order valence-electron chi connectivity index (χ3n) is 3.31. The maximum atomic E-state index is 11.9. The molecule has 5 heteroatoms. The Morgan fingerprint density at radius 2 is 1.84 bits per heavy atom. The van der Waals surface area contributed by atoms with Gasteiger partial charge < -0.3 is 14.4 Å². The summed E-state index contributed by atoms with van der Waals surface area (Å²) in [6.07, 6.45) is 1.26. The fourth-order valence-electron chi connectivity index (χ4n) is 2.31. The Labute approximate surface area is 111 Å². The van der Waals surface area contributed by atoms with Crippen molar-refractivity contribution in [3.8, 4) is 11.5 Å². The molecule has 0 aliphatic carbocycles. The lowest BCUT2D eigenvalue weighted by atomic mass is 10.1. The van der Waals surface area contributed by atoms with Gasteiger partial charge in [-0.1, -0.05) is 0 Å². The van der Waals surface area contributed by atoms with Crippen LogP contribution >= 0.6 is 0 Å². The van der Waals surface area contributed by atoms with Crippen molar-refractivity contribution < 1.29 is 19.1 Å². The molecule has 3 rings (SSSR count). The third-order valence-corrected chi connectivity index (χ3v) is 3.31. The molecular weight excluding hydrogens is 246 g/mol. The molecule has 2 aliphatic heterocycles. The quantitative estimate of drug-likeness (QED) is 0.720. The zero-order valence-corrected chi connectivity index (χ0v) is 10.6. The Kier molecular flexibility index (Phi) is 3.11. The molecule has 100 valence electrons. The fraction of sp³-hybridized carbons (Fsp3) is 0.429. The molecule has 0 spiro atoms. The summed E-state index contributed by atoms with van der Waals surface area (Å²) in [6.45, 7) is 1.70. The third kappa shape index (κ3) is 2.41. The van der Waals surface area contributed by atoms with Crippen LogP contribution in [-0.4, -0.2) is 31.4 Å². The summed E-state index contributed by atoms with van der Waals surface area (Å²) in [6, 6.07) is 5.47. The van der Waals surface area contributed by atoms with E-state index in [4.69, 9.17) is 9.47 Å². The highest BCUT2D eigenvalue weighted by Gasteiger charge is 2.25. The first-order valence-electron chi connectivity index (χ1n) is 6.46. The van der Waals surface area contributed by atoms with E-state index in [1.807, 2.05) is 18.2 Å². The normalized spacial score (nSPS) is 19.3. The minimum absolute atomic E-state index is 0.00551. The van der Waals surface area contributed by atoms with Crippen LogP contribution in [0.15, 0.2) is 18.2 Å². The van der Waals surface area contributed by atoms with Crippen LogP contribution < -0.4 is 14.4 Å². The standard InChI is InChI=1S/C14H15NO4/c16-11-4-5-15(14(17)9-11)10-2-3-12-13(8-10)19-7-1-6-18-12/h2-3,8H,1,4-7,9H2. The van der Waals surface area contributed by atoms with Crippen LogP contribution in [0, 0.1) is 0 Å². The molecule has 0 N–H and O–H groups in total. The number of ketones is 1. The summed E-state index contributed by atoms with van der Waals surface area (Å²) in [5.74, 6) is 1.24. The van der Waals surface area contributed by atoms with Gasteiger partial charge in [-0.25, -0.2) is 0 Å². The van der Waals surface area contributed by atoms with Crippen LogP contribution in [0.1, 0.15) is 19.3 Å². The van der Waals surface area contributed by atoms with Gasteiger partial charge in [0.25, 0.3) is 0 Å². The number of Topliss-reactive ketones (excluding diaryl/α,β-unsaturated/α-hetero) is 1. The molecule has 1 aromatic rings. The Hall–Kier alpha value is -2.04. The van der Waals surface area contributed by atoms with Gasteiger partial charge >= 0.3 is 0 Å². The lowest BCUT2D eigenvalue weighted by molar-refractivity contribution is -0.128. The molecule has 2 heterocycles. The number of nitrogens with zero attached hydrogens (tertiary/aromatic N) is 1. The number of anilines is 1. The second-order valence-electron chi connectivity index (χ2n) is 4.69. The number of hydrogen-bond acceptors (Lipinski definition) is 4.